The molecule has 0 amide bonds. The maximum absolute atomic E-state index is 10.2. The van der Waals surface area contributed by atoms with Crippen molar-refractivity contribution in [3.05, 3.63) is 75.2 Å². The maximum atomic E-state index is 10.2. The van der Waals surface area contributed by atoms with E-state index in [0.717, 1.165) is 20.8 Å². The molecule has 0 heterocycles. The van der Waals surface area contributed by atoms with Gasteiger partial charge in [0.15, 0.2) is 6.29 Å². The van der Waals surface area contributed by atoms with Crippen LogP contribution in [0.3, 0.4) is 0 Å². The summed E-state index contributed by atoms with van der Waals surface area (Å²) in [6.45, 7) is 5.66. The molecule has 2 nitrogen and oxygen atoms in total. The van der Waals surface area contributed by atoms with Crippen LogP contribution in [-0.2, 0) is 4.79 Å². The Hall–Kier alpha value is -1.52. The number of hydrogen-bond donors (Lipinski definition) is 0. The lowest BCUT2D eigenvalue weighted by atomic mass is 10.2. The fraction of sp³-hybridized carbons (Fsp3) is 0. The normalized spacial score (nSPS) is 8.30. The van der Waals surface area contributed by atoms with Gasteiger partial charge in [0.25, 0.3) is 0 Å². The van der Waals surface area contributed by atoms with E-state index in [1.165, 1.54) is 0 Å². The van der Waals surface area contributed by atoms with Gasteiger partial charge in [-0.25, -0.2) is 0 Å². The fourth-order valence-corrected chi connectivity index (χ4v) is 2.04. The van der Waals surface area contributed by atoms with Crippen molar-refractivity contribution in [1.82, 2.24) is 0 Å². The molecule has 0 radical (unpaired) electrons. The number of carbonyl (C=O) groups excluding carboxylic acids is 2. The van der Waals surface area contributed by atoms with Crippen LogP contribution in [0.4, 0.5) is 0 Å². The van der Waals surface area contributed by atoms with Crippen molar-refractivity contribution in [3.63, 3.8) is 0 Å². The third kappa shape index (κ3) is 6.59. The first-order valence-corrected chi connectivity index (χ1v) is 7.13. The number of halogens is 2. The average Bonchev–Trinajstić information content (AvgIpc) is 2.51. The summed E-state index contributed by atoms with van der Waals surface area (Å²) < 4.78 is 1.94. The monoisotopic (exact) mass is 396 g/mol. The largest absolute Gasteiger partial charge is 0.307 e. The van der Waals surface area contributed by atoms with Crippen molar-refractivity contribution in [2.24, 2.45) is 0 Å². The quantitative estimate of drug-likeness (QED) is 0.655. The lowest BCUT2D eigenvalue weighted by Crippen LogP contribution is -1.78. The molecule has 4 heteroatoms. The average molecular weight is 398 g/mol. The Morgan fingerprint density at radius 2 is 1.20 bits per heavy atom. The molecule has 0 aliphatic carbocycles. The molecule has 2 aromatic carbocycles. The van der Waals surface area contributed by atoms with Crippen LogP contribution in [-0.4, -0.2) is 13.1 Å². The van der Waals surface area contributed by atoms with Gasteiger partial charge in [-0.3, -0.25) is 4.79 Å². The Labute approximate surface area is 135 Å². The second-order valence-corrected chi connectivity index (χ2v) is 5.07. The maximum Gasteiger partial charge on any atom is 0.151 e. The molecule has 2 aromatic rings. The van der Waals surface area contributed by atoms with Gasteiger partial charge >= 0.3 is 0 Å². The van der Waals surface area contributed by atoms with Crippen molar-refractivity contribution in [2.45, 2.75) is 0 Å². The molecule has 0 N–H and O–H groups in total. The first-order chi connectivity index (χ1) is 9.69. The molecule has 2 rings (SSSR count). The predicted molar refractivity (Wildman–Crippen MR) is 90.9 cm³/mol. The molecular formula is C16H14Br2O2. The molecule has 0 unspecified atom stereocenters. The number of rotatable bonds is 2. The Balaban J connectivity index is 0.000000321. The van der Waals surface area contributed by atoms with Crippen molar-refractivity contribution < 1.29 is 9.59 Å². The molecule has 0 aliphatic heterocycles. The highest BCUT2D eigenvalue weighted by Gasteiger charge is 1.92. The highest BCUT2D eigenvalue weighted by atomic mass is 79.9. The SMILES string of the molecule is C=Cc1ccccc1Br.C=O.O=Cc1ccccc1Br. The van der Waals surface area contributed by atoms with Crippen LogP contribution in [0.15, 0.2) is 64.1 Å². The van der Waals surface area contributed by atoms with Crippen molar-refractivity contribution in [3.8, 4) is 0 Å². The summed E-state index contributed by atoms with van der Waals surface area (Å²) in [4.78, 5) is 18.2. The van der Waals surface area contributed by atoms with E-state index >= 15 is 0 Å². The van der Waals surface area contributed by atoms with Crippen LogP contribution < -0.4 is 0 Å². The van der Waals surface area contributed by atoms with Gasteiger partial charge in [-0.05, 0) is 17.7 Å². The molecule has 0 saturated carbocycles. The molecular weight excluding hydrogens is 384 g/mol. The van der Waals surface area contributed by atoms with E-state index in [9.17, 15) is 4.79 Å². The third-order valence-corrected chi connectivity index (χ3v) is 3.60. The Bertz CT molecular complexity index is 504. The molecule has 0 fully saturated rings. The van der Waals surface area contributed by atoms with Crippen LogP contribution in [0.1, 0.15) is 15.9 Å². The summed E-state index contributed by atoms with van der Waals surface area (Å²) in [5.74, 6) is 0. The van der Waals surface area contributed by atoms with Gasteiger partial charge in [0, 0.05) is 14.5 Å². The highest BCUT2D eigenvalue weighted by molar-refractivity contribution is 9.10. The first kappa shape index (κ1) is 18.5. The minimum absolute atomic E-state index is 0.692. The zero-order chi connectivity index (χ0) is 15.4. The van der Waals surface area contributed by atoms with Crippen LogP contribution >= 0.6 is 31.9 Å². The second kappa shape index (κ2) is 11.3. The van der Waals surface area contributed by atoms with Crippen LogP contribution in [0.5, 0.6) is 0 Å². The summed E-state index contributed by atoms with van der Waals surface area (Å²) in [6.07, 6.45) is 2.65. The zero-order valence-electron chi connectivity index (χ0n) is 10.8. The van der Waals surface area contributed by atoms with Gasteiger partial charge in [0.1, 0.15) is 6.79 Å². The summed E-state index contributed by atoms with van der Waals surface area (Å²) in [7, 11) is 0. The summed E-state index contributed by atoms with van der Waals surface area (Å²) in [5.41, 5.74) is 1.83. The summed E-state index contributed by atoms with van der Waals surface area (Å²) in [5, 5.41) is 0. The molecule has 0 spiro atoms. The van der Waals surface area contributed by atoms with Crippen molar-refractivity contribution in [1.29, 1.82) is 0 Å². The lowest BCUT2D eigenvalue weighted by Gasteiger charge is -1.93. The Morgan fingerprint density at radius 1 is 0.800 bits per heavy atom. The molecule has 0 aliphatic rings. The van der Waals surface area contributed by atoms with Gasteiger partial charge < -0.3 is 4.79 Å². The van der Waals surface area contributed by atoms with Crippen LogP contribution in [0, 0.1) is 0 Å². The number of hydrogen-bond acceptors (Lipinski definition) is 2. The smallest absolute Gasteiger partial charge is 0.151 e. The van der Waals surface area contributed by atoms with E-state index < -0.39 is 0 Å². The van der Waals surface area contributed by atoms with E-state index in [4.69, 9.17) is 4.79 Å². The molecule has 104 valence electrons. The van der Waals surface area contributed by atoms with Gasteiger partial charge in [-0.2, -0.15) is 0 Å². The van der Waals surface area contributed by atoms with Gasteiger partial charge in [-0.15, -0.1) is 0 Å². The molecule has 0 bridgehead atoms. The number of benzene rings is 2. The predicted octanol–water partition coefficient (Wildman–Crippen LogP) is 5.17. The topological polar surface area (TPSA) is 34.1 Å². The van der Waals surface area contributed by atoms with E-state index in [0.29, 0.717) is 5.56 Å². The summed E-state index contributed by atoms with van der Waals surface area (Å²) in [6, 6.07) is 15.3. The van der Waals surface area contributed by atoms with Crippen LogP contribution in [0.25, 0.3) is 6.08 Å². The fourth-order valence-electron chi connectivity index (χ4n) is 1.21. The van der Waals surface area contributed by atoms with E-state index in [1.54, 1.807) is 6.07 Å². The lowest BCUT2D eigenvalue weighted by molar-refractivity contribution is -0.0979. The Morgan fingerprint density at radius 3 is 1.45 bits per heavy atom. The molecule has 20 heavy (non-hydrogen) atoms. The first-order valence-electron chi connectivity index (χ1n) is 5.54. The van der Waals surface area contributed by atoms with E-state index in [-0.39, 0.29) is 0 Å². The van der Waals surface area contributed by atoms with Crippen molar-refractivity contribution >= 4 is 51.0 Å². The highest BCUT2D eigenvalue weighted by Crippen LogP contribution is 2.15. The second-order valence-electron chi connectivity index (χ2n) is 3.37. The minimum atomic E-state index is 0.692. The van der Waals surface area contributed by atoms with Crippen LogP contribution in [0.2, 0.25) is 0 Å². The summed E-state index contributed by atoms with van der Waals surface area (Å²) >= 11 is 6.61. The van der Waals surface area contributed by atoms with Gasteiger partial charge in [0.05, 0.1) is 0 Å². The van der Waals surface area contributed by atoms with Gasteiger partial charge in [0.2, 0.25) is 0 Å². The van der Waals surface area contributed by atoms with Gasteiger partial charge in [-0.1, -0.05) is 80.9 Å². The van der Waals surface area contributed by atoms with E-state index in [1.807, 2.05) is 55.3 Å². The van der Waals surface area contributed by atoms with E-state index in [2.05, 4.69) is 38.4 Å². The number of carbonyl (C=O) groups is 2. The molecule has 0 atom stereocenters. The van der Waals surface area contributed by atoms with Crippen molar-refractivity contribution in [2.75, 3.05) is 0 Å². The number of aldehydes is 1. The third-order valence-electron chi connectivity index (χ3n) is 2.16. The Kier molecular flexibility index (Phi) is 10.5. The minimum Gasteiger partial charge on any atom is -0.307 e. The standard InChI is InChI=1S/C8H7Br.C7H5BrO.CH2O/c1-2-7-5-3-4-6-8(7)9;8-7-4-2-1-3-6(7)5-9;1-2/h2-6H,1H2;1-5H;1H2. The zero-order valence-corrected chi connectivity index (χ0v) is 13.9. The molecule has 0 saturated heterocycles. The molecule has 0 aromatic heterocycles.